The molecule has 2 rings (SSSR count). The van der Waals surface area contributed by atoms with Gasteiger partial charge in [-0.05, 0) is 18.2 Å². The first kappa shape index (κ1) is 9.75. The van der Waals surface area contributed by atoms with Crippen molar-refractivity contribution in [3.8, 4) is 12.1 Å². The second kappa shape index (κ2) is 3.41. The predicted molar refractivity (Wildman–Crippen MR) is 60.0 cm³/mol. The minimum Gasteiger partial charge on any atom is -0.397 e. The molecule has 0 unspecified atom stereocenters. The Hall–Kier alpha value is -2.79. The molecule has 0 atom stereocenters. The molecule has 2 aromatic rings. The highest BCUT2D eigenvalue weighted by Gasteiger charge is 2.11. The van der Waals surface area contributed by atoms with E-state index in [4.69, 9.17) is 22.0 Å². The number of anilines is 2. The van der Waals surface area contributed by atoms with Gasteiger partial charge in [0.1, 0.15) is 23.5 Å². The smallest absolute Gasteiger partial charge is 0.124 e. The quantitative estimate of drug-likeness (QED) is 0.631. The Kier molecular flexibility index (Phi) is 2.08. The van der Waals surface area contributed by atoms with Gasteiger partial charge in [0.15, 0.2) is 0 Å². The molecule has 0 spiro atoms. The van der Waals surface area contributed by atoms with Crippen molar-refractivity contribution < 1.29 is 0 Å². The van der Waals surface area contributed by atoms with Crippen LogP contribution in [0.25, 0.3) is 10.9 Å². The second-order valence-electron chi connectivity index (χ2n) is 3.24. The van der Waals surface area contributed by atoms with Crippen LogP contribution in [0.2, 0.25) is 0 Å². The zero-order valence-electron chi connectivity index (χ0n) is 8.23. The molecule has 5 nitrogen and oxygen atoms in total. The van der Waals surface area contributed by atoms with E-state index in [1.54, 1.807) is 18.2 Å². The van der Waals surface area contributed by atoms with Crippen LogP contribution in [0.5, 0.6) is 0 Å². The molecule has 0 aliphatic heterocycles. The van der Waals surface area contributed by atoms with E-state index in [1.165, 1.54) is 0 Å². The number of benzene rings is 1. The van der Waals surface area contributed by atoms with E-state index >= 15 is 0 Å². The van der Waals surface area contributed by atoms with Crippen molar-refractivity contribution in [2.45, 2.75) is 0 Å². The summed E-state index contributed by atoms with van der Waals surface area (Å²) in [5.74, 6) is 0.313. The summed E-state index contributed by atoms with van der Waals surface area (Å²) in [6.07, 6.45) is 0. The maximum Gasteiger partial charge on any atom is 0.124 e. The lowest BCUT2D eigenvalue weighted by Gasteiger charge is -2.05. The minimum atomic E-state index is 0.149. The number of nitrogens with zero attached hydrogens (tertiary/aromatic N) is 3. The summed E-state index contributed by atoms with van der Waals surface area (Å²) in [7, 11) is 0. The van der Waals surface area contributed by atoms with E-state index < -0.39 is 0 Å². The number of hydrogen-bond donors (Lipinski definition) is 2. The molecule has 1 aromatic heterocycles. The summed E-state index contributed by atoms with van der Waals surface area (Å²) in [5, 5.41) is 18.6. The molecule has 0 saturated carbocycles. The highest BCUT2D eigenvalue weighted by atomic mass is 14.8. The maximum atomic E-state index is 9.01. The van der Waals surface area contributed by atoms with Crippen molar-refractivity contribution >= 4 is 22.4 Å². The second-order valence-corrected chi connectivity index (χ2v) is 3.24. The van der Waals surface area contributed by atoms with E-state index in [0.29, 0.717) is 16.7 Å². The number of nitriles is 2. The van der Waals surface area contributed by atoms with Gasteiger partial charge in [-0.25, -0.2) is 4.98 Å². The average molecular weight is 209 g/mol. The molecule has 0 radical (unpaired) electrons. The standard InChI is InChI=1S/C11H7N5/c12-4-7-3-6-1-2-9(14)16-11(6)8(5-13)10(7)15/h1-3H,15H2,(H2,14,16). The largest absolute Gasteiger partial charge is 0.397 e. The fourth-order valence-corrected chi connectivity index (χ4v) is 1.50. The van der Waals surface area contributed by atoms with E-state index in [2.05, 4.69) is 4.98 Å². The lowest BCUT2D eigenvalue weighted by Crippen LogP contribution is -1.99. The molecule has 0 aliphatic rings. The van der Waals surface area contributed by atoms with Gasteiger partial charge in [-0.1, -0.05) is 0 Å². The first-order chi connectivity index (χ1) is 7.67. The number of nitrogens with two attached hydrogens (primary N) is 2. The Morgan fingerprint density at radius 1 is 1.12 bits per heavy atom. The molecule has 4 N–H and O–H groups in total. The summed E-state index contributed by atoms with van der Waals surface area (Å²) in [4.78, 5) is 4.05. The van der Waals surface area contributed by atoms with E-state index in [1.807, 2.05) is 12.1 Å². The fourth-order valence-electron chi connectivity index (χ4n) is 1.50. The van der Waals surface area contributed by atoms with E-state index in [9.17, 15) is 0 Å². The number of fused-ring (bicyclic) bond motifs is 1. The van der Waals surface area contributed by atoms with Crippen molar-refractivity contribution in [1.29, 1.82) is 10.5 Å². The number of aromatic nitrogens is 1. The molecule has 0 fully saturated rings. The first-order valence-corrected chi connectivity index (χ1v) is 4.46. The zero-order valence-corrected chi connectivity index (χ0v) is 8.23. The lowest BCUT2D eigenvalue weighted by atomic mass is 10.0. The monoisotopic (exact) mass is 209 g/mol. The van der Waals surface area contributed by atoms with Gasteiger partial charge in [-0.2, -0.15) is 10.5 Å². The summed E-state index contributed by atoms with van der Waals surface area (Å²) >= 11 is 0. The molecule has 5 heteroatoms. The molecule has 16 heavy (non-hydrogen) atoms. The Labute approximate surface area is 91.5 Å². The summed E-state index contributed by atoms with van der Waals surface area (Å²) in [6.45, 7) is 0. The molecule has 0 aliphatic carbocycles. The topological polar surface area (TPSA) is 113 Å². The molecule has 0 amide bonds. The third-order valence-electron chi connectivity index (χ3n) is 2.28. The summed E-state index contributed by atoms with van der Waals surface area (Å²) in [6, 6.07) is 8.80. The van der Waals surface area contributed by atoms with Gasteiger partial charge < -0.3 is 11.5 Å². The van der Waals surface area contributed by atoms with Crippen LogP contribution in [0.3, 0.4) is 0 Å². The van der Waals surface area contributed by atoms with Crippen LogP contribution in [0.1, 0.15) is 11.1 Å². The molecule has 1 heterocycles. The number of pyridine rings is 1. The van der Waals surface area contributed by atoms with Crippen molar-refractivity contribution in [2.24, 2.45) is 0 Å². The van der Waals surface area contributed by atoms with Crippen LogP contribution >= 0.6 is 0 Å². The molecule has 76 valence electrons. The van der Waals surface area contributed by atoms with Crippen molar-refractivity contribution in [3.63, 3.8) is 0 Å². The zero-order chi connectivity index (χ0) is 11.7. The van der Waals surface area contributed by atoms with Crippen LogP contribution in [0.15, 0.2) is 18.2 Å². The normalized spacial score (nSPS) is 9.62. The number of rotatable bonds is 0. The predicted octanol–water partition coefficient (Wildman–Crippen LogP) is 1.14. The van der Waals surface area contributed by atoms with Gasteiger partial charge in [0.05, 0.1) is 16.8 Å². The van der Waals surface area contributed by atoms with Crippen molar-refractivity contribution in [1.82, 2.24) is 4.98 Å². The summed E-state index contributed by atoms with van der Waals surface area (Å²) < 4.78 is 0. The van der Waals surface area contributed by atoms with Crippen LogP contribution in [-0.2, 0) is 0 Å². The van der Waals surface area contributed by atoms with Gasteiger partial charge in [-0.15, -0.1) is 0 Å². The van der Waals surface area contributed by atoms with E-state index in [-0.39, 0.29) is 16.8 Å². The number of nitrogen functional groups attached to an aromatic ring is 2. The van der Waals surface area contributed by atoms with E-state index in [0.717, 1.165) is 0 Å². The third kappa shape index (κ3) is 1.28. The Morgan fingerprint density at radius 3 is 2.50 bits per heavy atom. The average Bonchev–Trinajstić information content (AvgIpc) is 2.28. The molecular formula is C11H7N5. The van der Waals surface area contributed by atoms with Gasteiger partial charge in [0.25, 0.3) is 0 Å². The van der Waals surface area contributed by atoms with Crippen LogP contribution in [0, 0.1) is 22.7 Å². The Bertz CT molecular complexity index is 661. The van der Waals surface area contributed by atoms with Crippen LogP contribution < -0.4 is 11.5 Å². The highest BCUT2D eigenvalue weighted by Crippen LogP contribution is 2.26. The molecular weight excluding hydrogens is 202 g/mol. The van der Waals surface area contributed by atoms with Gasteiger partial charge in [-0.3, -0.25) is 0 Å². The Morgan fingerprint density at radius 2 is 1.88 bits per heavy atom. The molecule has 0 bridgehead atoms. The SMILES string of the molecule is N#Cc1cc2ccc(N)nc2c(C#N)c1N. The summed E-state index contributed by atoms with van der Waals surface area (Å²) in [5.41, 5.74) is 12.3. The van der Waals surface area contributed by atoms with Gasteiger partial charge >= 0.3 is 0 Å². The number of hydrogen-bond acceptors (Lipinski definition) is 5. The molecule has 0 saturated heterocycles. The highest BCUT2D eigenvalue weighted by molar-refractivity contribution is 5.92. The Balaban J connectivity index is 2.99. The van der Waals surface area contributed by atoms with Gasteiger partial charge in [0, 0.05) is 5.39 Å². The van der Waals surface area contributed by atoms with Crippen LogP contribution in [-0.4, -0.2) is 4.98 Å². The third-order valence-corrected chi connectivity index (χ3v) is 2.28. The fraction of sp³-hybridized carbons (Fsp3) is 0. The van der Waals surface area contributed by atoms with Crippen molar-refractivity contribution in [3.05, 3.63) is 29.3 Å². The van der Waals surface area contributed by atoms with Crippen molar-refractivity contribution in [2.75, 3.05) is 11.5 Å². The maximum absolute atomic E-state index is 9.01. The lowest BCUT2D eigenvalue weighted by molar-refractivity contribution is 1.38. The minimum absolute atomic E-state index is 0.149. The van der Waals surface area contributed by atoms with Crippen LogP contribution in [0.4, 0.5) is 11.5 Å². The first-order valence-electron chi connectivity index (χ1n) is 4.46. The van der Waals surface area contributed by atoms with Gasteiger partial charge in [0.2, 0.25) is 0 Å². The molecule has 1 aromatic carbocycles.